The molecule has 1 fully saturated rings. The van der Waals surface area contributed by atoms with Crippen molar-refractivity contribution in [2.45, 2.75) is 63.8 Å². The number of carboxylic acids is 1. The van der Waals surface area contributed by atoms with Gasteiger partial charge in [-0.1, -0.05) is 23.8 Å². The second-order valence-corrected chi connectivity index (χ2v) is 11.6. The van der Waals surface area contributed by atoms with Gasteiger partial charge in [0.15, 0.2) is 0 Å². The molecule has 2 aromatic rings. The molecule has 0 spiro atoms. The molecule has 10 heteroatoms. The van der Waals surface area contributed by atoms with Gasteiger partial charge in [0.25, 0.3) is 0 Å². The number of anilines is 1. The molecular formula is C26H34N4O5S. The molecule has 4 rings (SSSR count). The van der Waals surface area contributed by atoms with Gasteiger partial charge in [-0.2, -0.15) is 4.72 Å². The number of carbonyl (C=O) groups excluding carboxylic acids is 1. The standard InChI is InChI=1S/C26H34N4O5S/c1-16-11-17(2)24(18(3)12-16)36(34,35)29-22(26(32)33)13-23(31)30-14-19(15-30)6-8-21-9-7-20-5-4-10-27-25(20)28-21/h7,9,11-12,19,22,29H,4-6,8,10,13-15H2,1-3H3,(H,27,28)(H,32,33). The maximum Gasteiger partial charge on any atom is 0.322 e. The molecule has 1 aromatic carbocycles. The third-order valence-corrected chi connectivity index (χ3v) is 8.69. The molecule has 9 nitrogen and oxygen atoms in total. The number of likely N-dealkylation sites (tertiary alicyclic amines) is 1. The molecule has 0 radical (unpaired) electrons. The summed E-state index contributed by atoms with van der Waals surface area (Å²) < 4.78 is 28.2. The Morgan fingerprint density at radius 3 is 2.56 bits per heavy atom. The fourth-order valence-electron chi connectivity index (χ4n) is 5.14. The summed E-state index contributed by atoms with van der Waals surface area (Å²) in [6.45, 7) is 7.23. The lowest BCUT2D eigenvalue weighted by Gasteiger charge is -2.40. The van der Waals surface area contributed by atoms with E-state index in [0.717, 1.165) is 49.3 Å². The highest BCUT2D eigenvalue weighted by atomic mass is 32.2. The number of nitrogens with one attached hydrogen (secondary N) is 2. The van der Waals surface area contributed by atoms with Crippen molar-refractivity contribution < 1.29 is 23.1 Å². The van der Waals surface area contributed by atoms with Crippen LogP contribution in [-0.2, 0) is 32.5 Å². The lowest BCUT2D eigenvalue weighted by molar-refractivity contribution is -0.145. The summed E-state index contributed by atoms with van der Waals surface area (Å²) in [6, 6.07) is 6.13. The smallest absolute Gasteiger partial charge is 0.322 e. The minimum Gasteiger partial charge on any atom is -0.480 e. The highest BCUT2D eigenvalue weighted by Gasteiger charge is 2.35. The van der Waals surface area contributed by atoms with Crippen LogP contribution in [0.2, 0.25) is 0 Å². The van der Waals surface area contributed by atoms with Crippen molar-refractivity contribution in [3.05, 3.63) is 52.2 Å². The number of carboxylic acid groups (broad SMARTS) is 1. The van der Waals surface area contributed by atoms with Crippen molar-refractivity contribution >= 4 is 27.7 Å². The van der Waals surface area contributed by atoms with Crippen molar-refractivity contribution in [1.29, 1.82) is 0 Å². The van der Waals surface area contributed by atoms with Crippen LogP contribution in [0.3, 0.4) is 0 Å². The number of amides is 1. The summed E-state index contributed by atoms with van der Waals surface area (Å²) in [5, 5.41) is 13.0. The van der Waals surface area contributed by atoms with Crippen LogP contribution >= 0.6 is 0 Å². The molecule has 0 saturated carbocycles. The fourth-order valence-corrected chi connectivity index (χ4v) is 6.78. The van der Waals surface area contributed by atoms with Crippen LogP contribution in [0.25, 0.3) is 0 Å². The number of benzene rings is 1. The zero-order valence-corrected chi connectivity index (χ0v) is 21.8. The summed E-state index contributed by atoms with van der Waals surface area (Å²) in [5.41, 5.74) is 4.26. The van der Waals surface area contributed by atoms with E-state index in [0.29, 0.717) is 30.1 Å². The van der Waals surface area contributed by atoms with Crippen LogP contribution in [0.5, 0.6) is 0 Å². The van der Waals surface area contributed by atoms with Crippen LogP contribution in [-0.4, -0.2) is 61.0 Å². The number of nitrogens with zero attached hydrogens (tertiary/aromatic N) is 2. The molecule has 194 valence electrons. The number of aromatic nitrogens is 1. The van der Waals surface area contributed by atoms with Gasteiger partial charge in [0.1, 0.15) is 11.9 Å². The Morgan fingerprint density at radius 2 is 1.89 bits per heavy atom. The molecule has 2 aliphatic rings. The molecule has 1 aromatic heterocycles. The average Bonchev–Trinajstić information content (AvgIpc) is 2.76. The topological polar surface area (TPSA) is 129 Å². The van der Waals surface area contributed by atoms with Crippen LogP contribution in [0.1, 0.15) is 47.2 Å². The monoisotopic (exact) mass is 514 g/mol. The van der Waals surface area contributed by atoms with Gasteiger partial charge in [-0.3, -0.25) is 9.59 Å². The first-order chi connectivity index (χ1) is 17.0. The van der Waals surface area contributed by atoms with Gasteiger partial charge in [0.2, 0.25) is 15.9 Å². The molecule has 1 atom stereocenters. The maximum absolute atomic E-state index is 13.0. The van der Waals surface area contributed by atoms with Gasteiger partial charge in [-0.25, -0.2) is 13.4 Å². The van der Waals surface area contributed by atoms with Crippen molar-refractivity contribution in [3.63, 3.8) is 0 Å². The summed E-state index contributed by atoms with van der Waals surface area (Å²) in [6.07, 6.45) is 3.44. The van der Waals surface area contributed by atoms with Crippen LogP contribution < -0.4 is 10.0 Å². The maximum atomic E-state index is 13.0. The van der Waals surface area contributed by atoms with Crippen LogP contribution in [0.15, 0.2) is 29.2 Å². The lowest BCUT2D eigenvalue weighted by atomic mass is 9.93. The molecule has 0 aliphatic carbocycles. The molecule has 1 amide bonds. The molecule has 0 bridgehead atoms. The van der Waals surface area contributed by atoms with E-state index >= 15 is 0 Å². The predicted octanol–water partition coefficient (Wildman–Crippen LogP) is 2.58. The number of hydrogen-bond acceptors (Lipinski definition) is 6. The summed E-state index contributed by atoms with van der Waals surface area (Å²) in [4.78, 5) is 30.9. The van der Waals surface area contributed by atoms with Crippen molar-refractivity contribution in [3.8, 4) is 0 Å². The Hall–Kier alpha value is -2.98. The SMILES string of the molecule is Cc1cc(C)c(S(=O)(=O)NC(CC(=O)N2CC(CCc3ccc4c(n3)NCCC4)C2)C(=O)O)c(C)c1. The minimum absolute atomic E-state index is 0.0572. The van der Waals surface area contributed by atoms with Crippen LogP contribution in [0.4, 0.5) is 5.82 Å². The van der Waals surface area contributed by atoms with Crippen molar-refractivity contribution in [1.82, 2.24) is 14.6 Å². The summed E-state index contributed by atoms with van der Waals surface area (Å²) >= 11 is 0. The molecular weight excluding hydrogens is 480 g/mol. The van der Waals surface area contributed by atoms with E-state index in [1.54, 1.807) is 30.9 Å². The van der Waals surface area contributed by atoms with E-state index in [2.05, 4.69) is 22.2 Å². The Bertz CT molecular complexity index is 1250. The number of rotatable bonds is 9. The minimum atomic E-state index is -4.11. The molecule has 1 saturated heterocycles. The van der Waals surface area contributed by atoms with E-state index in [1.165, 1.54) is 5.56 Å². The highest BCUT2D eigenvalue weighted by Crippen LogP contribution is 2.25. The van der Waals surface area contributed by atoms with Gasteiger partial charge in [-0.15, -0.1) is 0 Å². The Balaban J connectivity index is 1.30. The van der Waals surface area contributed by atoms with Crippen molar-refractivity contribution in [2.24, 2.45) is 5.92 Å². The zero-order chi connectivity index (χ0) is 26.0. The van der Waals surface area contributed by atoms with E-state index in [1.807, 2.05) is 6.92 Å². The lowest BCUT2D eigenvalue weighted by Crippen LogP contribution is -2.53. The second-order valence-electron chi connectivity index (χ2n) is 9.99. The third-order valence-electron chi connectivity index (χ3n) is 6.92. The quantitative estimate of drug-likeness (QED) is 0.469. The Kier molecular flexibility index (Phi) is 7.65. The molecule has 3 N–H and O–H groups in total. The number of aliphatic carboxylic acids is 1. The molecule has 36 heavy (non-hydrogen) atoms. The molecule has 1 unspecified atom stereocenters. The van der Waals surface area contributed by atoms with E-state index in [-0.39, 0.29) is 10.8 Å². The number of sulfonamides is 1. The molecule has 2 aliphatic heterocycles. The summed E-state index contributed by atoms with van der Waals surface area (Å²) in [7, 11) is -4.11. The van der Waals surface area contributed by atoms with E-state index in [4.69, 9.17) is 4.98 Å². The van der Waals surface area contributed by atoms with Gasteiger partial charge in [-0.05, 0) is 75.1 Å². The normalized spacial score (nSPS) is 16.6. The summed E-state index contributed by atoms with van der Waals surface area (Å²) in [5.74, 6) is -0.451. The number of pyridine rings is 1. The molecule has 3 heterocycles. The van der Waals surface area contributed by atoms with E-state index in [9.17, 15) is 23.1 Å². The predicted molar refractivity (Wildman–Crippen MR) is 136 cm³/mol. The first-order valence-electron chi connectivity index (χ1n) is 12.4. The van der Waals surface area contributed by atoms with Crippen LogP contribution in [0, 0.1) is 26.7 Å². The third kappa shape index (κ3) is 5.87. The second kappa shape index (κ2) is 10.6. The Labute approximate surface area is 212 Å². The van der Waals surface area contributed by atoms with Gasteiger partial charge >= 0.3 is 5.97 Å². The van der Waals surface area contributed by atoms with Gasteiger partial charge in [0.05, 0.1) is 11.3 Å². The van der Waals surface area contributed by atoms with Crippen molar-refractivity contribution in [2.75, 3.05) is 25.0 Å². The Morgan fingerprint density at radius 1 is 1.19 bits per heavy atom. The fraction of sp³-hybridized carbons (Fsp3) is 0.500. The number of hydrogen-bond donors (Lipinski definition) is 3. The highest BCUT2D eigenvalue weighted by molar-refractivity contribution is 7.89. The average molecular weight is 515 g/mol. The first kappa shape index (κ1) is 26.1. The van der Waals surface area contributed by atoms with Gasteiger partial charge in [0, 0.05) is 25.3 Å². The zero-order valence-electron chi connectivity index (χ0n) is 21.0. The largest absolute Gasteiger partial charge is 0.480 e. The number of carbonyl (C=O) groups is 2. The number of aryl methyl sites for hydroxylation is 5. The van der Waals surface area contributed by atoms with Gasteiger partial charge < -0.3 is 15.3 Å². The number of fused-ring (bicyclic) bond motifs is 1. The first-order valence-corrected chi connectivity index (χ1v) is 13.8. The van der Waals surface area contributed by atoms with E-state index < -0.39 is 28.5 Å².